The predicted molar refractivity (Wildman–Crippen MR) is 61.1 cm³/mol. The first-order valence-corrected chi connectivity index (χ1v) is 5.66. The molecule has 0 spiro atoms. The minimum Gasteiger partial charge on any atom is -0.0783 e. The number of hydrogen-bond donors (Lipinski definition) is 0. The zero-order valence-corrected chi connectivity index (χ0v) is 11.1. The summed E-state index contributed by atoms with van der Waals surface area (Å²) in [5.74, 6) is 0. The van der Waals surface area contributed by atoms with Crippen LogP contribution in [0.3, 0.4) is 0 Å². The third kappa shape index (κ3) is 2.52. The highest BCUT2D eigenvalue weighted by atomic mass is 79.9. The van der Waals surface area contributed by atoms with Gasteiger partial charge in [0.25, 0.3) is 0 Å². The zero-order chi connectivity index (χ0) is 9.35. The molecular weight excluding hydrogens is 350 g/mol. The van der Waals surface area contributed by atoms with Crippen LogP contribution in [0.25, 0.3) is 0 Å². The molecule has 0 saturated heterocycles. The number of rotatable bonds is 0. The van der Waals surface area contributed by atoms with Gasteiger partial charge in [-0.25, -0.2) is 0 Å². The van der Waals surface area contributed by atoms with E-state index in [1.165, 1.54) is 0 Å². The molecule has 0 N–H and O–H groups in total. The summed E-state index contributed by atoms with van der Waals surface area (Å²) in [4.78, 5) is 0. The average Bonchev–Trinajstić information content (AvgIpc) is 1.82. The van der Waals surface area contributed by atoms with E-state index in [9.17, 15) is 0 Å². The molecule has 66 valence electrons. The molecule has 0 atom stereocenters. The van der Waals surface area contributed by atoms with E-state index in [1.807, 2.05) is 18.2 Å². The molecule has 0 aliphatic carbocycles. The normalized spacial score (nSPS) is 11.8. The van der Waals surface area contributed by atoms with Gasteiger partial charge < -0.3 is 0 Å². The van der Waals surface area contributed by atoms with Crippen LogP contribution in [-0.4, -0.2) is 0 Å². The number of alkyl halides is 3. The fourth-order valence-corrected chi connectivity index (χ4v) is 3.66. The fraction of sp³-hybridized carbons (Fsp3) is 0.143. The third-order valence-corrected chi connectivity index (χ3v) is 3.13. The zero-order valence-electron chi connectivity index (χ0n) is 5.62. The summed E-state index contributed by atoms with van der Waals surface area (Å²) in [6, 6.07) is 5.50. The SMILES string of the molecule is ClC(Cl)(Cl)c1c(Br)cccc1Br. The molecule has 1 rings (SSSR count). The van der Waals surface area contributed by atoms with Gasteiger partial charge in [-0.3, -0.25) is 0 Å². The van der Waals surface area contributed by atoms with Crippen molar-refractivity contribution in [2.24, 2.45) is 0 Å². The van der Waals surface area contributed by atoms with E-state index < -0.39 is 3.79 Å². The molecule has 0 aromatic heterocycles. The maximum Gasteiger partial charge on any atom is 0.218 e. The van der Waals surface area contributed by atoms with Crippen molar-refractivity contribution >= 4 is 66.7 Å². The molecule has 0 radical (unpaired) electrons. The van der Waals surface area contributed by atoms with Gasteiger partial charge >= 0.3 is 0 Å². The van der Waals surface area contributed by atoms with E-state index in [0.717, 1.165) is 8.95 Å². The first kappa shape index (κ1) is 11.1. The van der Waals surface area contributed by atoms with Crippen molar-refractivity contribution in [1.82, 2.24) is 0 Å². The van der Waals surface area contributed by atoms with E-state index in [2.05, 4.69) is 31.9 Å². The van der Waals surface area contributed by atoms with Gasteiger partial charge in [-0.15, -0.1) is 0 Å². The maximum atomic E-state index is 5.74. The summed E-state index contributed by atoms with van der Waals surface area (Å²) in [7, 11) is 0. The van der Waals surface area contributed by atoms with Crippen molar-refractivity contribution < 1.29 is 0 Å². The lowest BCUT2D eigenvalue weighted by molar-refractivity contribution is 1.20. The van der Waals surface area contributed by atoms with Crippen LogP contribution < -0.4 is 0 Å². The van der Waals surface area contributed by atoms with Crippen molar-refractivity contribution in [3.05, 3.63) is 32.7 Å². The van der Waals surface area contributed by atoms with E-state index >= 15 is 0 Å². The highest BCUT2D eigenvalue weighted by Gasteiger charge is 2.27. The average molecular weight is 353 g/mol. The summed E-state index contributed by atoms with van der Waals surface area (Å²) < 4.78 is 0.146. The van der Waals surface area contributed by atoms with Gasteiger partial charge in [-0.05, 0) is 12.1 Å². The van der Waals surface area contributed by atoms with Crippen molar-refractivity contribution in [3.63, 3.8) is 0 Å². The molecule has 0 bridgehead atoms. The molecular formula is C7H3Br2Cl3. The van der Waals surface area contributed by atoms with Gasteiger partial charge in [0.15, 0.2) is 0 Å². The Kier molecular flexibility index (Phi) is 3.76. The lowest BCUT2D eigenvalue weighted by atomic mass is 10.2. The van der Waals surface area contributed by atoms with E-state index in [1.54, 1.807) is 0 Å². The Labute approximate surface area is 102 Å². The minimum absolute atomic E-state index is 0.620. The number of hydrogen-bond acceptors (Lipinski definition) is 0. The van der Waals surface area contributed by atoms with Gasteiger partial charge in [0.2, 0.25) is 3.79 Å². The Morgan fingerprint density at radius 2 is 1.42 bits per heavy atom. The Morgan fingerprint density at radius 1 is 1.00 bits per heavy atom. The van der Waals surface area contributed by atoms with Gasteiger partial charge in [0.1, 0.15) is 0 Å². The Bertz CT molecular complexity index is 273. The molecule has 0 unspecified atom stereocenters. The van der Waals surface area contributed by atoms with Crippen molar-refractivity contribution in [2.75, 3.05) is 0 Å². The number of halogens is 5. The summed E-state index contributed by atoms with van der Waals surface area (Å²) >= 11 is 23.8. The molecule has 1 aromatic carbocycles. The molecule has 0 heterocycles. The first-order valence-electron chi connectivity index (χ1n) is 2.94. The second kappa shape index (κ2) is 4.05. The maximum absolute atomic E-state index is 5.74. The lowest BCUT2D eigenvalue weighted by Crippen LogP contribution is -2.02. The Balaban J connectivity index is 3.31. The largest absolute Gasteiger partial charge is 0.218 e. The van der Waals surface area contributed by atoms with Crippen LogP contribution in [0, 0.1) is 0 Å². The van der Waals surface area contributed by atoms with Crippen LogP contribution in [-0.2, 0) is 3.79 Å². The van der Waals surface area contributed by atoms with E-state index in [4.69, 9.17) is 34.8 Å². The van der Waals surface area contributed by atoms with Crippen LogP contribution in [0.15, 0.2) is 27.1 Å². The van der Waals surface area contributed by atoms with Crippen LogP contribution in [0.2, 0.25) is 0 Å². The van der Waals surface area contributed by atoms with Crippen molar-refractivity contribution in [3.8, 4) is 0 Å². The smallest absolute Gasteiger partial charge is 0.0783 e. The second-order valence-corrected chi connectivity index (χ2v) is 6.08. The fourth-order valence-electron chi connectivity index (χ4n) is 0.769. The molecule has 1 aromatic rings. The van der Waals surface area contributed by atoms with Crippen molar-refractivity contribution in [2.45, 2.75) is 3.79 Å². The summed E-state index contributed by atoms with van der Waals surface area (Å²) in [5, 5.41) is 0. The van der Waals surface area contributed by atoms with Gasteiger partial charge in [0, 0.05) is 14.5 Å². The lowest BCUT2D eigenvalue weighted by Gasteiger charge is -2.14. The summed E-state index contributed by atoms with van der Waals surface area (Å²) in [5.41, 5.74) is 0.620. The van der Waals surface area contributed by atoms with Crippen LogP contribution in [0.4, 0.5) is 0 Å². The molecule has 0 aliphatic rings. The highest BCUT2D eigenvalue weighted by Crippen LogP contribution is 2.45. The minimum atomic E-state index is -1.40. The summed E-state index contributed by atoms with van der Waals surface area (Å²) in [6.07, 6.45) is 0. The van der Waals surface area contributed by atoms with Crippen LogP contribution in [0.5, 0.6) is 0 Å². The molecule has 12 heavy (non-hydrogen) atoms. The highest BCUT2D eigenvalue weighted by molar-refractivity contribution is 9.11. The quantitative estimate of drug-likeness (QED) is 0.574. The van der Waals surface area contributed by atoms with Gasteiger partial charge in [-0.1, -0.05) is 72.7 Å². The molecule has 0 saturated carbocycles. The number of benzene rings is 1. The third-order valence-electron chi connectivity index (χ3n) is 1.25. The Hall–Kier alpha value is 1.05. The molecule has 0 fully saturated rings. The van der Waals surface area contributed by atoms with Crippen molar-refractivity contribution in [1.29, 1.82) is 0 Å². The van der Waals surface area contributed by atoms with Crippen LogP contribution in [0.1, 0.15) is 5.56 Å². The molecule has 5 heteroatoms. The van der Waals surface area contributed by atoms with E-state index in [0.29, 0.717) is 5.56 Å². The first-order chi connectivity index (χ1) is 5.43. The molecule has 0 nitrogen and oxygen atoms in total. The molecule has 0 aliphatic heterocycles. The summed E-state index contributed by atoms with van der Waals surface area (Å²) in [6.45, 7) is 0. The standard InChI is InChI=1S/C7H3Br2Cl3/c8-4-2-1-3-5(9)6(4)7(10,11)12/h1-3H. The van der Waals surface area contributed by atoms with Gasteiger partial charge in [-0.2, -0.15) is 0 Å². The molecule has 0 amide bonds. The monoisotopic (exact) mass is 350 g/mol. The van der Waals surface area contributed by atoms with Crippen LogP contribution >= 0.6 is 66.7 Å². The van der Waals surface area contributed by atoms with Gasteiger partial charge in [0.05, 0.1) is 0 Å². The second-order valence-electron chi connectivity index (χ2n) is 2.09. The topological polar surface area (TPSA) is 0 Å². The Morgan fingerprint density at radius 3 is 1.67 bits per heavy atom. The van der Waals surface area contributed by atoms with E-state index in [-0.39, 0.29) is 0 Å². The predicted octanol–water partition coefficient (Wildman–Crippen LogP) is 5.04.